The lowest BCUT2D eigenvalue weighted by Gasteiger charge is -2.47. The van der Waals surface area contributed by atoms with E-state index in [0.717, 1.165) is 11.1 Å². The van der Waals surface area contributed by atoms with Gasteiger partial charge in [-0.25, -0.2) is 8.42 Å². The number of aryl methyl sites for hydroxylation is 2. The largest absolute Gasteiger partial charge is 0.379 e. The van der Waals surface area contributed by atoms with Crippen molar-refractivity contribution in [1.82, 2.24) is 14.1 Å². The van der Waals surface area contributed by atoms with E-state index in [0.29, 0.717) is 51.6 Å². The summed E-state index contributed by atoms with van der Waals surface area (Å²) in [5.74, 6) is 0.238. The minimum atomic E-state index is -4.01. The Morgan fingerprint density at radius 2 is 1.42 bits per heavy atom. The van der Waals surface area contributed by atoms with E-state index in [1.54, 1.807) is 48.5 Å². The van der Waals surface area contributed by atoms with Crippen molar-refractivity contribution in [2.24, 2.45) is 10.3 Å². The lowest BCUT2D eigenvalue weighted by atomic mass is 10.1. The number of morpholine rings is 1. The molecule has 2 aromatic carbocycles. The van der Waals surface area contributed by atoms with E-state index in [-0.39, 0.29) is 22.3 Å². The van der Waals surface area contributed by atoms with Gasteiger partial charge < -0.3 is 9.64 Å². The van der Waals surface area contributed by atoms with Crippen molar-refractivity contribution in [3.8, 4) is 0 Å². The molecule has 0 radical (unpaired) electrons. The van der Waals surface area contributed by atoms with Crippen LogP contribution in [0.3, 0.4) is 0 Å². The van der Waals surface area contributed by atoms with E-state index in [9.17, 15) is 16.8 Å². The average Bonchev–Trinajstić information content (AvgIpc) is 2.89. The van der Waals surface area contributed by atoms with Crippen molar-refractivity contribution >= 4 is 25.9 Å². The zero-order valence-corrected chi connectivity index (χ0v) is 24.2. The quantitative estimate of drug-likeness (QED) is 0.378. The van der Waals surface area contributed by atoms with Crippen LogP contribution < -0.4 is 0 Å². The fourth-order valence-corrected chi connectivity index (χ4v) is 7.72. The summed E-state index contributed by atoms with van der Waals surface area (Å²) < 4.78 is 65.9. The molecule has 4 rings (SSSR count). The maximum absolute atomic E-state index is 13.8. The molecular weight excluding hydrogens is 524 g/mol. The van der Waals surface area contributed by atoms with Crippen LogP contribution in [0.15, 0.2) is 62.7 Å². The van der Waals surface area contributed by atoms with Crippen LogP contribution in [0.5, 0.6) is 0 Å². The van der Waals surface area contributed by atoms with Crippen molar-refractivity contribution in [2.75, 3.05) is 45.9 Å². The fourth-order valence-electron chi connectivity index (χ4n) is 4.93. The molecule has 2 aromatic rings. The maximum atomic E-state index is 13.8. The van der Waals surface area contributed by atoms with E-state index in [1.165, 1.54) is 4.31 Å². The highest BCUT2D eigenvalue weighted by atomic mass is 32.2. The summed E-state index contributed by atoms with van der Waals surface area (Å²) in [7, 11) is -7.83. The van der Waals surface area contributed by atoms with Crippen molar-refractivity contribution in [1.29, 1.82) is 0 Å². The first-order valence-corrected chi connectivity index (χ1v) is 15.9. The van der Waals surface area contributed by atoms with Gasteiger partial charge in [0.05, 0.1) is 35.7 Å². The fraction of sp³-hybridized carbons (Fsp3) is 0.519. The normalized spacial score (nSPS) is 20.7. The number of sulfonamides is 2. The van der Waals surface area contributed by atoms with Crippen molar-refractivity contribution in [3.05, 3.63) is 59.7 Å². The van der Waals surface area contributed by atoms with Crippen LogP contribution in [0.4, 0.5) is 0 Å². The Morgan fingerprint density at radius 1 is 0.868 bits per heavy atom. The highest BCUT2D eigenvalue weighted by Gasteiger charge is 2.41. The van der Waals surface area contributed by atoms with Gasteiger partial charge >= 0.3 is 0 Å². The number of hydrogen-bond acceptors (Lipinski definition) is 6. The first kappa shape index (κ1) is 28.7. The van der Waals surface area contributed by atoms with Gasteiger partial charge in [-0.15, -0.1) is 4.40 Å². The van der Waals surface area contributed by atoms with Gasteiger partial charge in [0, 0.05) is 26.2 Å². The minimum absolute atomic E-state index is 0.116. The Morgan fingerprint density at radius 3 is 1.97 bits per heavy atom. The van der Waals surface area contributed by atoms with Gasteiger partial charge in [0.25, 0.3) is 10.0 Å². The predicted molar refractivity (Wildman–Crippen MR) is 148 cm³/mol. The Balaban J connectivity index is 1.76. The summed E-state index contributed by atoms with van der Waals surface area (Å²) in [6.07, 6.45) is -0.0239. The average molecular weight is 563 g/mol. The van der Waals surface area contributed by atoms with E-state index in [1.807, 2.05) is 32.6 Å². The van der Waals surface area contributed by atoms with Gasteiger partial charge in [-0.1, -0.05) is 49.2 Å². The molecule has 2 heterocycles. The first-order chi connectivity index (χ1) is 18.0. The van der Waals surface area contributed by atoms with Gasteiger partial charge in [-0.2, -0.15) is 12.7 Å². The van der Waals surface area contributed by atoms with Gasteiger partial charge in [0.1, 0.15) is 5.84 Å². The molecule has 2 fully saturated rings. The SMILES string of the molecule is Cc1ccc(S(=O)(=O)N=C(CN2CCOCC2)N2CCCN(S(=O)(=O)c3ccc(C)cc3)C2C(C)C)cc1. The van der Waals surface area contributed by atoms with Crippen LogP contribution in [0, 0.1) is 19.8 Å². The van der Waals surface area contributed by atoms with Crippen molar-refractivity contribution in [2.45, 2.75) is 50.1 Å². The number of hydrogen-bond donors (Lipinski definition) is 0. The van der Waals surface area contributed by atoms with Gasteiger partial charge in [-0.05, 0) is 50.5 Å². The zero-order valence-electron chi connectivity index (χ0n) is 22.6. The molecule has 0 aromatic heterocycles. The van der Waals surface area contributed by atoms with Crippen LogP contribution in [0.25, 0.3) is 0 Å². The maximum Gasteiger partial charge on any atom is 0.283 e. The highest BCUT2D eigenvalue weighted by molar-refractivity contribution is 7.90. The number of rotatable bonds is 7. The molecule has 38 heavy (non-hydrogen) atoms. The Hall–Kier alpha value is -2.31. The van der Waals surface area contributed by atoms with Crippen LogP contribution in [-0.2, 0) is 24.8 Å². The van der Waals surface area contributed by atoms with Gasteiger partial charge in [0.2, 0.25) is 10.0 Å². The molecule has 2 aliphatic heterocycles. The Labute approximate surface area is 227 Å². The smallest absolute Gasteiger partial charge is 0.283 e. The molecule has 0 spiro atoms. The van der Waals surface area contributed by atoms with Crippen LogP contribution in [0.2, 0.25) is 0 Å². The summed E-state index contributed by atoms with van der Waals surface area (Å²) in [6, 6.07) is 13.5. The van der Waals surface area contributed by atoms with Gasteiger partial charge in [0.15, 0.2) is 0 Å². The topological polar surface area (TPSA) is 99.6 Å². The molecule has 1 unspecified atom stereocenters. The number of benzene rings is 2. The van der Waals surface area contributed by atoms with Crippen molar-refractivity contribution in [3.63, 3.8) is 0 Å². The third kappa shape index (κ3) is 6.45. The molecule has 9 nitrogen and oxygen atoms in total. The highest BCUT2D eigenvalue weighted by Crippen LogP contribution is 2.29. The summed E-state index contributed by atoms with van der Waals surface area (Å²) in [5, 5.41) is 0. The van der Waals surface area contributed by atoms with Crippen LogP contribution in [0.1, 0.15) is 31.4 Å². The molecule has 2 saturated heterocycles. The predicted octanol–water partition coefficient (Wildman–Crippen LogP) is 3.10. The number of amidine groups is 1. The molecule has 2 aliphatic rings. The first-order valence-electron chi connectivity index (χ1n) is 13.0. The third-order valence-corrected chi connectivity index (χ3v) is 10.2. The molecule has 1 atom stereocenters. The molecule has 0 N–H and O–H groups in total. The second-order valence-electron chi connectivity index (χ2n) is 10.3. The molecular formula is C27H38N4O5S2. The van der Waals surface area contributed by atoms with E-state index in [2.05, 4.69) is 9.30 Å². The minimum Gasteiger partial charge on any atom is -0.379 e. The summed E-state index contributed by atoms with van der Waals surface area (Å²) in [5.41, 5.74) is 1.93. The summed E-state index contributed by atoms with van der Waals surface area (Å²) in [4.78, 5) is 4.35. The molecule has 0 amide bonds. The monoisotopic (exact) mass is 562 g/mol. The van der Waals surface area contributed by atoms with E-state index >= 15 is 0 Å². The molecule has 208 valence electrons. The lowest BCUT2D eigenvalue weighted by Crippen LogP contribution is -2.61. The molecule has 0 saturated carbocycles. The lowest BCUT2D eigenvalue weighted by molar-refractivity contribution is 0.0396. The molecule has 11 heteroatoms. The van der Waals surface area contributed by atoms with Crippen LogP contribution >= 0.6 is 0 Å². The number of nitrogens with zero attached hydrogens (tertiary/aromatic N) is 4. The standard InChI is InChI=1S/C27H38N4O5S2/c1-21(2)27-30(14-5-15-31(27)38(34,35)25-12-8-23(4)9-13-25)26(20-29-16-18-36-19-17-29)28-37(32,33)24-10-6-22(3)7-11-24/h6-13,21,27H,5,14-20H2,1-4H3. The summed E-state index contributed by atoms with van der Waals surface area (Å²) in [6.45, 7) is 11.3. The second kappa shape index (κ2) is 11.8. The van der Waals surface area contributed by atoms with E-state index < -0.39 is 26.2 Å². The van der Waals surface area contributed by atoms with Gasteiger partial charge in [-0.3, -0.25) is 4.90 Å². The molecule has 0 bridgehead atoms. The Kier molecular flexibility index (Phi) is 8.93. The van der Waals surface area contributed by atoms with Crippen molar-refractivity contribution < 1.29 is 21.6 Å². The zero-order chi connectivity index (χ0) is 27.5. The van der Waals surface area contributed by atoms with E-state index in [4.69, 9.17) is 4.74 Å². The number of ether oxygens (including phenoxy) is 1. The summed E-state index contributed by atoms with van der Waals surface area (Å²) >= 11 is 0. The molecule has 0 aliphatic carbocycles. The Bertz CT molecular complexity index is 1330. The third-order valence-electron chi connectivity index (χ3n) is 6.96. The van der Waals surface area contributed by atoms with Crippen LogP contribution in [-0.4, -0.2) is 88.9 Å². The second-order valence-corrected chi connectivity index (χ2v) is 13.8.